The van der Waals surface area contributed by atoms with Crippen LogP contribution in [-0.2, 0) is 0 Å². The zero-order valence-electron chi connectivity index (χ0n) is 5.44. The molecule has 0 fully saturated rings. The highest BCUT2D eigenvalue weighted by molar-refractivity contribution is 4.86. The van der Waals surface area contributed by atoms with Gasteiger partial charge in [-0.1, -0.05) is 6.58 Å². The molecule has 0 radical (unpaired) electrons. The summed E-state index contributed by atoms with van der Waals surface area (Å²) in [7, 11) is 0. The summed E-state index contributed by atoms with van der Waals surface area (Å²) in [6.45, 7) is 7.55. The van der Waals surface area contributed by atoms with Crippen molar-refractivity contribution in [2.45, 2.75) is 19.9 Å². The van der Waals surface area contributed by atoms with E-state index in [4.69, 9.17) is 5.11 Å². The van der Waals surface area contributed by atoms with Gasteiger partial charge < -0.3 is 10.4 Å². The van der Waals surface area contributed by atoms with Crippen molar-refractivity contribution in [2.24, 2.45) is 0 Å². The second-order valence-corrected chi connectivity index (χ2v) is 2.01. The Morgan fingerprint density at radius 2 is 2.38 bits per heavy atom. The molecule has 0 saturated carbocycles. The standard InChI is InChI=1S/C6H13NO/c1-5(2)7-6(3)4-8/h6-8H,1,4H2,2-3H3/t6-/m1/s1. The topological polar surface area (TPSA) is 32.3 Å². The van der Waals surface area contributed by atoms with Crippen molar-refractivity contribution in [3.8, 4) is 0 Å². The van der Waals surface area contributed by atoms with Gasteiger partial charge in [-0.2, -0.15) is 0 Å². The van der Waals surface area contributed by atoms with Gasteiger partial charge in [0, 0.05) is 11.7 Å². The van der Waals surface area contributed by atoms with Crippen LogP contribution in [0.4, 0.5) is 0 Å². The molecule has 0 aliphatic heterocycles. The molecule has 0 spiro atoms. The summed E-state index contributed by atoms with van der Waals surface area (Å²) in [5, 5.41) is 11.4. The third-order valence-corrected chi connectivity index (χ3v) is 0.767. The molecule has 2 heteroatoms. The second-order valence-electron chi connectivity index (χ2n) is 2.01. The molecule has 1 atom stereocenters. The van der Waals surface area contributed by atoms with Crippen molar-refractivity contribution in [1.82, 2.24) is 5.32 Å². The van der Waals surface area contributed by atoms with Crippen molar-refractivity contribution in [1.29, 1.82) is 0 Å². The highest BCUT2D eigenvalue weighted by atomic mass is 16.3. The van der Waals surface area contributed by atoms with Gasteiger partial charge >= 0.3 is 0 Å². The largest absolute Gasteiger partial charge is 0.394 e. The zero-order chi connectivity index (χ0) is 6.57. The maximum Gasteiger partial charge on any atom is 0.0630 e. The maximum absolute atomic E-state index is 8.48. The number of aliphatic hydroxyl groups excluding tert-OH is 1. The Morgan fingerprint density at radius 3 is 2.50 bits per heavy atom. The van der Waals surface area contributed by atoms with Gasteiger partial charge in [-0.3, -0.25) is 0 Å². The van der Waals surface area contributed by atoms with Gasteiger partial charge in [0.1, 0.15) is 0 Å². The molecule has 0 rings (SSSR count). The average molecular weight is 115 g/mol. The Kier molecular flexibility index (Phi) is 3.28. The number of nitrogens with one attached hydrogen (secondary N) is 1. The lowest BCUT2D eigenvalue weighted by Gasteiger charge is -2.10. The first kappa shape index (κ1) is 7.50. The first-order valence-corrected chi connectivity index (χ1v) is 2.69. The van der Waals surface area contributed by atoms with Crippen molar-refractivity contribution < 1.29 is 5.11 Å². The maximum atomic E-state index is 8.48. The van der Waals surface area contributed by atoms with Crippen molar-refractivity contribution >= 4 is 0 Å². The highest BCUT2D eigenvalue weighted by Gasteiger charge is 1.94. The Labute approximate surface area is 50.2 Å². The third kappa shape index (κ3) is 3.68. The van der Waals surface area contributed by atoms with E-state index in [0.29, 0.717) is 0 Å². The Morgan fingerprint density at radius 1 is 1.88 bits per heavy atom. The fourth-order valence-electron chi connectivity index (χ4n) is 0.466. The molecule has 0 unspecified atom stereocenters. The van der Waals surface area contributed by atoms with Gasteiger partial charge in [-0.15, -0.1) is 0 Å². The summed E-state index contributed by atoms with van der Waals surface area (Å²) in [4.78, 5) is 0. The summed E-state index contributed by atoms with van der Waals surface area (Å²) in [5.74, 6) is 0. The quantitative estimate of drug-likeness (QED) is 0.561. The first-order chi connectivity index (χ1) is 3.66. The Balaban J connectivity index is 3.24. The van der Waals surface area contributed by atoms with Gasteiger partial charge in [0.05, 0.1) is 6.61 Å². The lowest BCUT2D eigenvalue weighted by molar-refractivity contribution is 0.259. The number of rotatable bonds is 3. The minimum absolute atomic E-state index is 0.132. The molecule has 2 N–H and O–H groups in total. The molecule has 0 amide bonds. The van der Waals surface area contributed by atoms with Crippen LogP contribution >= 0.6 is 0 Å². The molecule has 0 aromatic rings. The van der Waals surface area contributed by atoms with E-state index in [2.05, 4.69) is 11.9 Å². The van der Waals surface area contributed by atoms with Gasteiger partial charge in [-0.25, -0.2) is 0 Å². The van der Waals surface area contributed by atoms with E-state index in [9.17, 15) is 0 Å². The van der Waals surface area contributed by atoms with Crippen molar-refractivity contribution in [3.63, 3.8) is 0 Å². The van der Waals surface area contributed by atoms with Crippen LogP contribution in [-0.4, -0.2) is 17.8 Å². The van der Waals surface area contributed by atoms with Crippen molar-refractivity contribution in [2.75, 3.05) is 6.61 Å². The summed E-state index contributed by atoms with van der Waals surface area (Å²) in [6, 6.07) is 0.132. The van der Waals surface area contributed by atoms with Crippen LogP contribution in [0.1, 0.15) is 13.8 Å². The molecule has 2 nitrogen and oxygen atoms in total. The lowest BCUT2D eigenvalue weighted by atomic mass is 10.3. The van der Waals surface area contributed by atoms with Crippen LogP contribution in [0.2, 0.25) is 0 Å². The van der Waals surface area contributed by atoms with E-state index >= 15 is 0 Å². The normalized spacial score (nSPS) is 12.9. The predicted octanol–water partition coefficient (Wildman–Crippen LogP) is 0.490. The summed E-state index contributed by atoms with van der Waals surface area (Å²) in [6.07, 6.45) is 0. The molecule has 0 saturated heterocycles. The van der Waals surface area contributed by atoms with E-state index in [0.717, 1.165) is 5.70 Å². The molecular formula is C6H13NO. The van der Waals surface area contributed by atoms with Crippen LogP contribution < -0.4 is 5.32 Å². The van der Waals surface area contributed by atoms with E-state index < -0.39 is 0 Å². The molecule has 0 bridgehead atoms. The first-order valence-electron chi connectivity index (χ1n) is 2.69. The summed E-state index contributed by atoms with van der Waals surface area (Å²) >= 11 is 0. The van der Waals surface area contributed by atoms with Crippen LogP contribution in [0.3, 0.4) is 0 Å². The second kappa shape index (κ2) is 3.50. The fourth-order valence-corrected chi connectivity index (χ4v) is 0.466. The molecule has 8 heavy (non-hydrogen) atoms. The van der Waals surface area contributed by atoms with Gasteiger partial charge in [-0.05, 0) is 13.8 Å². The van der Waals surface area contributed by atoms with Crippen LogP contribution in [0.5, 0.6) is 0 Å². The average Bonchev–Trinajstić information content (AvgIpc) is 1.65. The Hall–Kier alpha value is -0.500. The molecule has 0 aliphatic carbocycles. The van der Waals surface area contributed by atoms with Gasteiger partial charge in [0.2, 0.25) is 0 Å². The minimum Gasteiger partial charge on any atom is -0.394 e. The van der Waals surface area contributed by atoms with Crippen molar-refractivity contribution in [3.05, 3.63) is 12.3 Å². The van der Waals surface area contributed by atoms with Gasteiger partial charge in [0.15, 0.2) is 0 Å². The molecule has 0 heterocycles. The molecule has 48 valence electrons. The number of hydrogen-bond donors (Lipinski definition) is 2. The minimum atomic E-state index is 0.132. The number of allylic oxidation sites excluding steroid dienone is 1. The van der Waals surface area contributed by atoms with Crippen LogP contribution in [0.15, 0.2) is 12.3 Å². The van der Waals surface area contributed by atoms with Crippen LogP contribution in [0, 0.1) is 0 Å². The molecule has 0 aromatic carbocycles. The number of aliphatic hydroxyl groups is 1. The van der Waals surface area contributed by atoms with Gasteiger partial charge in [0.25, 0.3) is 0 Å². The monoisotopic (exact) mass is 115 g/mol. The zero-order valence-corrected chi connectivity index (χ0v) is 5.44. The number of hydrogen-bond acceptors (Lipinski definition) is 2. The van der Waals surface area contributed by atoms with E-state index in [-0.39, 0.29) is 12.6 Å². The molecular weight excluding hydrogens is 102 g/mol. The summed E-state index contributed by atoms with van der Waals surface area (Å²) < 4.78 is 0. The Bertz CT molecular complexity index is 80.6. The van der Waals surface area contributed by atoms with E-state index in [1.165, 1.54) is 0 Å². The third-order valence-electron chi connectivity index (χ3n) is 0.767. The smallest absolute Gasteiger partial charge is 0.0630 e. The fraction of sp³-hybridized carbons (Fsp3) is 0.667. The summed E-state index contributed by atoms with van der Waals surface area (Å²) in [5.41, 5.74) is 0.895. The van der Waals surface area contributed by atoms with E-state index in [1.807, 2.05) is 13.8 Å². The van der Waals surface area contributed by atoms with E-state index in [1.54, 1.807) is 0 Å². The lowest BCUT2D eigenvalue weighted by Crippen LogP contribution is -2.26. The highest BCUT2D eigenvalue weighted by Crippen LogP contribution is 1.83. The van der Waals surface area contributed by atoms with Crippen LogP contribution in [0.25, 0.3) is 0 Å². The molecule has 0 aliphatic rings. The predicted molar refractivity (Wildman–Crippen MR) is 34.5 cm³/mol. The SMILES string of the molecule is C=C(C)N[C@H](C)CO. The molecule has 0 aromatic heterocycles.